The SMILES string of the molecule is CC1C2=CCC=CC=C2Nc2ccccc21. The molecule has 1 heteroatoms. The molecule has 0 bridgehead atoms. The molecule has 0 saturated carbocycles. The number of rotatable bonds is 0. The van der Waals surface area contributed by atoms with Crippen LogP contribution in [0, 0.1) is 0 Å². The molecule has 1 aromatic carbocycles. The molecule has 0 spiro atoms. The lowest BCUT2D eigenvalue weighted by atomic mass is 9.86. The maximum Gasteiger partial charge on any atom is 0.0423 e. The molecule has 2 aliphatic rings. The Labute approximate surface area is 96.2 Å². The van der Waals surface area contributed by atoms with Gasteiger partial charge in [-0.3, -0.25) is 0 Å². The average Bonchev–Trinajstić information content (AvgIpc) is 2.55. The van der Waals surface area contributed by atoms with Crippen molar-refractivity contribution in [3.8, 4) is 0 Å². The molecule has 0 amide bonds. The van der Waals surface area contributed by atoms with E-state index in [0.29, 0.717) is 5.92 Å². The summed E-state index contributed by atoms with van der Waals surface area (Å²) >= 11 is 0. The molecule has 0 fully saturated rings. The average molecular weight is 209 g/mol. The van der Waals surface area contributed by atoms with E-state index in [9.17, 15) is 0 Å². The monoisotopic (exact) mass is 209 g/mol. The van der Waals surface area contributed by atoms with Crippen molar-refractivity contribution >= 4 is 5.69 Å². The maximum absolute atomic E-state index is 3.51. The first-order valence-electron chi connectivity index (χ1n) is 5.79. The molecule has 1 aliphatic heterocycles. The highest BCUT2D eigenvalue weighted by Crippen LogP contribution is 2.39. The van der Waals surface area contributed by atoms with Crippen molar-refractivity contribution in [3.05, 3.63) is 65.4 Å². The molecule has 1 atom stereocenters. The van der Waals surface area contributed by atoms with Crippen LogP contribution in [0.2, 0.25) is 0 Å². The van der Waals surface area contributed by atoms with Gasteiger partial charge in [0.1, 0.15) is 0 Å². The van der Waals surface area contributed by atoms with Crippen molar-refractivity contribution in [2.75, 3.05) is 5.32 Å². The normalized spacial score (nSPS) is 22.2. The minimum absolute atomic E-state index is 0.489. The second-order valence-electron chi connectivity index (χ2n) is 4.34. The minimum atomic E-state index is 0.489. The molecule has 0 saturated heterocycles. The summed E-state index contributed by atoms with van der Waals surface area (Å²) < 4.78 is 0. The van der Waals surface area contributed by atoms with Gasteiger partial charge < -0.3 is 5.32 Å². The Hall–Kier alpha value is -1.76. The molecular weight excluding hydrogens is 194 g/mol. The topological polar surface area (TPSA) is 12.0 Å². The van der Waals surface area contributed by atoms with E-state index in [2.05, 4.69) is 60.8 Å². The van der Waals surface area contributed by atoms with Crippen molar-refractivity contribution in [3.63, 3.8) is 0 Å². The van der Waals surface area contributed by atoms with E-state index in [1.165, 1.54) is 22.5 Å². The summed E-state index contributed by atoms with van der Waals surface area (Å²) in [5.74, 6) is 0.489. The Morgan fingerprint density at radius 1 is 1.25 bits per heavy atom. The van der Waals surface area contributed by atoms with Crippen molar-refractivity contribution < 1.29 is 0 Å². The first-order valence-corrected chi connectivity index (χ1v) is 5.79. The lowest BCUT2D eigenvalue weighted by Crippen LogP contribution is -2.16. The van der Waals surface area contributed by atoms with E-state index in [0.717, 1.165) is 6.42 Å². The lowest BCUT2D eigenvalue weighted by molar-refractivity contribution is 0.878. The van der Waals surface area contributed by atoms with Gasteiger partial charge in [-0.15, -0.1) is 0 Å². The van der Waals surface area contributed by atoms with Gasteiger partial charge in [0.15, 0.2) is 0 Å². The molecule has 0 aromatic heterocycles. The zero-order valence-corrected chi connectivity index (χ0v) is 9.40. The van der Waals surface area contributed by atoms with Gasteiger partial charge in [0.2, 0.25) is 0 Å². The van der Waals surface area contributed by atoms with Crippen LogP contribution in [0.5, 0.6) is 0 Å². The summed E-state index contributed by atoms with van der Waals surface area (Å²) in [5.41, 5.74) is 5.31. The number of hydrogen-bond donors (Lipinski definition) is 1. The molecule has 3 rings (SSSR count). The molecule has 1 aromatic rings. The van der Waals surface area contributed by atoms with Gasteiger partial charge in [0.05, 0.1) is 0 Å². The van der Waals surface area contributed by atoms with Gasteiger partial charge in [0, 0.05) is 17.3 Å². The number of hydrogen-bond acceptors (Lipinski definition) is 1. The van der Waals surface area contributed by atoms with Gasteiger partial charge in [-0.25, -0.2) is 0 Å². The second kappa shape index (κ2) is 3.67. The van der Waals surface area contributed by atoms with E-state index in [4.69, 9.17) is 0 Å². The van der Waals surface area contributed by atoms with E-state index in [1.54, 1.807) is 0 Å². The highest BCUT2D eigenvalue weighted by molar-refractivity contribution is 5.67. The van der Waals surface area contributed by atoms with Gasteiger partial charge in [-0.1, -0.05) is 43.4 Å². The predicted octanol–water partition coefficient (Wildman–Crippen LogP) is 3.99. The third-order valence-corrected chi connectivity index (χ3v) is 3.35. The van der Waals surface area contributed by atoms with Crippen LogP contribution in [-0.2, 0) is 0 Å². The molecule has 1 N–H and O–H groups in total. The molecule has 1 nitrogen and oxygen atoms in total. The molecule has 16 heavy (non-hydrogen) atoms. The van der Waals surface area contributed by atoms with E-state index in [1.807, 2.05) is 0 Å². The summed E-state index contributed by atoms with van der Waals surface area (Å²) in [6.45, 7) is 2.28. The summed E-state index contributed by atoms with van der Waals surface area (Å²) in [6, 6.07) is 8.56. The molecule has 0 radical (unpaired) electrons. The fraction of sp³-hybridized carbons (Fsp3) is 0.200. The van der Waals surface area contributed by atoms with Crippen molar-refractivity contribution in [2.45, 2.75) is 19.3 Å². The second-order valence-corrected chi connectivity index (χ2v) is 4.34. The van der Waals surface area contributed by atoms with Crippen LogP contribution in [-0.4, -0.2) is 0 Å². The minimum Gasteiger partial charge on any atom is -0.355 e. The first-order chi connectivity index (χ1) is 7.86. The first kappa shape index (κ1) is 9.46. The van der Waals surface area contributed by atoms with Crippen LogP contribution in [0.25, 0.3) is 0 Å². The standard InChI is InChI=1S/C15H15N/c1-11-12-7-3-2-4-9-14(12)16-15-10-6-5-8-13(11)15/h2,4-11,16H,3H2,1H3. The van der Waals surface area contributed by atoms with Gasteiger partial charge in [0.25, 0.3) is 0 Å². The molecular formula is C15H15N. The summed E-state index contributed by atoms with van der Waals surface area (Å²) in [6.07, 6.45) is 9.85. The van der Waals surface area contributed by atoms with Crippen LogP contribution in [0.15, 0.2) is 59.8 Å². The maximum atomic E-state index is 3.51. The Morgan fingerprint density at radius 2 is 2.12 bits per heavy atom. The predicted molar refractivity (Wildman–Crippen MR) is 68.4 cm³/mol. The number of fused-ring (bicyclic) bond motifs is 2. The zero-order valence-electron chi connectivity index (χ0n) is 9.40. The smallest absolute Gasteiger partial charge is 0.0423 e. The molecule has 1 unspecified atom stereocenters. The Morgan fingerprint density at radius 3 is 3.06 bits per heavy atom. The molecule has 80 valence electrons. The Balaban J connectivity index is 2.15. The molecule has 1 aliphatic carbocycles. The Kier molecular flexibility index (Phi) is 2.17. The number of para-hydroxylation sites is 1. The summed E-state index contributed by atoms with van der Waals surface area (Å²) in [5, 5.41) is 3.51. The number of benzene rings is 1. The fourth-order valence-electron chi connectivity index (χ4n) is 2.47. The van der Waals surface area contributed by atoms with E-state index >= 15 is 0 Å². The van der Waals surface area contributed by atoms with Crippen molar-refractivity contribution in [2.24, 2.45) is 0 Å². The van der Waals surface area contributed by atoms with Crippen LogP contribution >= 0.6 is 0 Å². The van der Waals surface area contributed by atoms with Crippen LogP contribution < -0.4 is 5.32 Å². The number of anilines is 1. The molecule has 1 heterocycles. The largest absolute Gasteiger partial charge is 0.355 e. The highest BCUT2D eigenvalue weighted by atomic mass is 14.9. The zero-order chi connectivity index (χ0) is 11.0. The van der Waals surface area contributed by atoms with Crippen molar-refractivity contribution in [1.82, 2.24) is 0 Å². The van der Waals surface area contributed by atoms with E-state index < -0.39 is 0 Å². The quantitative estimate of drug-likeness (QED) is 0.681. The van der Waals surface area contributed by atoms with E-state index in [-0.39, 0.29) is 0 Å². The Bertz CT molecular complexity index is 506. The van der Waals surface area contributed by atoms with Gasteiger partial charge in [-0.2, -0.15) is 0 Å². The summed E-state index contributed by atoms with van der Waals surface area (Å²) in [7, 11) is 0. The van der Waals surface area contributed by atoms with Crippen molar-refractivity contribution in [1.29, 1.82) is 0 Å². The fourth-order valence-corrected chi connectivity index (χ4v) is 2.47. The number of allylic oxidation sites excluding steroid dienone is 5. The van der Waals surface area contributed by atoms with Crippen LogP contribution in [0.3, 0.4) is 0 Å². The van der Waals surface area contributed by atoms with Crippen LogP contribution in [0.1, 0.15) is 24.8 Å². The third-order valence-electron chi connectivity index (χ3n) is 3.35. The van der Waals surface area contributed by atoms with Gasteiger partial charge >= 0.3 is 0 Å². The highest BCUT2D eigenvalue weighted by Gasteiger charge is 2.23. The third kappa shape index (κ3) is 1.40. The lowest BCUT2D eigenvalue weighted by Gasteiger charge is -2.29. The van der Waals surface area contributed by atoms with Gasteiger partial charge in [-0.05, 0) is 29.7 Å². The number of nitrogens with one attached hydrogen (secondary N) is 1. The summed E-state index contributed by atoms with van der Waals surface area (Å²) in [4.78, 5) is 0. The van der Waals surface area contributed by atoms with Crippen LogP contribution in [0.4, 0.5) is 5.69 Å².